The Morgan fingerprint density at radius 1 is 0.875 bits per heavy atom. The molecule has 0 unspecified atom stereocenters. The average molecular weight is 208 g/mol. The standard InChI is InChI=1S/Al.Ca.K.H4O4Si.6H/c;;;1-5(2,3)4;;;;;;/h;;;1-4H;;;;;;. The van der Waals surface area contributed by atoms with E-state index >= 15 is 0 Å². The molecule has 0 saturated carbocycles. The number of hydrogen-bond acceptors (Lipinski definition) is 4. The van der Waals surface area contributed by atoms with Gasteiger partial charge in [-0.15, -0.1) is 0 Å². The van der Waals surface area contributed by atoms with E-state index in [2.05, 4.69) is 0 Å². The molecule has 8 heteroatoms. The zero-order valence-corrected chi connectivity index (χ0v) is 3.29. The molecule has 0 fully saturated rings. The van der Waals surface area contributed by atoms with Crippen LogP contribution in [0, 0.1) is 0 Å². The first-order chi connectivity index (χ1) is 2.00. The van der Waals surface area contributed by atoms with Crippen molar-refractivity contribution in [2.45, 2.75) is 0 Å². The predicted octanol–water partition coefficient (Wildman–Crippen LogP) is -5.36. The van der Waals surface area contributed by atoms with E-state index in [4.69, 9.17) is 19.2 Å². The van der Waals surface area contributed by atoms with Gasteiger partial charge in [-0.25, -0.2) is 0 Å². The Bertz CT molecular complexity index is 31.5. The third kappa shape index (κ3) is 56.2. The first-order valence-electron chi connectivity index (χ1n) is 0.894. The van der Waals surface area contributed by atoms with E-state index in [9.17, 15) is 0 Å². The summed E-state index contributed by atoms with van der Waals surface area (Å²) in [5.74, 6) is 0. The zero-order chi connectivity index (χ0) is 4.50. The van der Waals surface area contributed by atoms with Crippen molar-refractivity contribution in [3.8, 4) is 0 Å². The maximum atomic E-state index is 7.33. The van der Waals surface area contributed by atoms with Crippen LogP contribution >= 0.6 is 0 Å². The van der Waals surface area contributed by atoms with E-state index in [0.717, 1.165) is 0 Å². The van der Waals surface area contributed by atoms with Gasteiger partial charge in [-0.05, 0) is 0 Å². The summed E-state index contributed by atoms with van der Waals surface area (Å²) in [6.07, 6.45) is 0. The van der Waals surface area contributed by atoms with Crippen LogP contribution in [0.2, 0.25) is 0 Å². The van der Waals surface area contributed by atoms with Crippen molar-refractivity contribution in [2.75, 3.05) is 0 Å². The quantitative estimate of drug-likeness (QED) is 0.300. The van der Waals surface area contributed by atoms with Gasteiger partial charge in [-0.1, -0.05) is 0 Å². The monoisotopic (exact) mass is 208 g/mol. The molecule has 0 rings (SSSR count). The molecule has 0 saturated heterocycles. The summed E-state index contributed by atoms with van der Waals surface area (Å²) >= 11 is 0. The van der Waals surface area contributed by atoms with Crippen LogP contribution in [-0.4, -0.2) is 135 Å². The van der Waals surface area contributed by atoms with Gasteiger partial charge in [0.15, 0.2) is 17.4 Å². The topological polar surface area (TPSA) is 80.9 Å². The van der Waals surface area contributed by atoms with Gasteiger partial charge in [0, 0.05) is 0 Å². The molecule has 0 heterocycles. The molecular weight excluding hydrogens is 198 g/mol. The Balaban J connectivity index is -0.0000000267. The summed E-state index contributed by atoms with van der Waals surface area (Å²) in [4.78, 5) is 29.3. The van der Waals surface area contributed by atoms with E-state index < -0.39 is 9.05 Å². The maximum absolute atomic E-state index is 7.33. The molecule has 0 aromatic heterocycles. The van der Waals surface area contributed by atoms with E-state index in [0.29, 0.717) is 0 Å². The Kier molecular flexibility index (Phi) is 29.5. The molecule has 0 aliphatic carbocycles. The van der Waals surface area contributed by atoms with Crippen LogP contribution in [0.25, 0.3) is 0 Å². The Morgan fingerprint density at radius 3 is 0.875 bits per heavy atom. The van der Waals surface area contributed by atoms with Crippen LogP contribution in [0.5, 0.6) is 0 Å². The van der Waals surface area contributed by atoms with Gasteiger partial charge in [-0.3, -0.25) is 0 Å². The van der Waals surface area contributed by atoms with Gasteiger partial charge < -0.3 is 19.2 Å². The summed E-state index contributed by atoms with van der Waals surface area (Å²) in [5, 5.41) is 0. The van der Waals surface area contributed by atoms with Crippen molar-refractivity contribution in [2.24, 2.45) is 0 Å². The fourth-order valence-corrected chi connectivity index (χ4v) is 0. The van der Waals surface area contributed by atoms with Crippen molar-refractivity contribution >= 4 is 116 Å². The zero-order valence-electron chi connectivity index (χ0n) is 2.29. The van der Waals surface area contributed by atoms with E-state index in [1.807, 2.05) is 0 Å². The Hall–Kier alpha value is 3.49. The van der Waals surface area contributed by atoms with Crippen LogP contribution in [-0.2, 0) is 0 Å². The van der Waals surface area contributed by atoms with Crippen LogP contribution in [0.3, 0.4) is 0 Å². The first kappa shape index (κ1) is 22.5. The van der Waals surface area contributed by atoms with Crippen LogP contribution in [0.15, 0.2) is 0 Å². The van der Waals surface area contributed by atoms with E-state index in [1.54, 1.807) is 0 Å². The molecule has 0 aromatic carbocycles. The van der Waals surface area contributed by atoms with E-state index in [-0.39, 0.29) is 106 Å². The van der Waals surface area contributed by atoms with Crippen LogP contribution in [0.1, 0.15) is 0 Å². The van der Waals surface area contributed by atoms with Crippen molar-refractivity contribution in [3.63, 3.8) is 0 Å². The summed E-state index contributed by atoms with van der Waals surface area (Å²) in [7, 11) is -4.61. The summed E-state index contributed by atoms with van der Waals surface area (Å²) in [5.41, 5.74) is 0. The summed E-state index contributed by atoms with van der Waals surface area (Å²) in [6, 6.07) is 0. The van der Waals surface area contributed by atoms with Crippen LogP contribution in [0.4, 0.5) is 0 Å². The van der Waals surface area contributed by atoms with Crippen molar-refractivity contribution in [1.29, 1.82) is 0 Å². The molecule has 4 N–H and O–H groups in total. The third-order valence-corrected chi connectivity index (χ3v) is 0. The fourth-order valence-electron chi connectivity index (χ4n) is 0. The summed E-state index contributed by atoms with van der Waals surface area (Å²) < 4.78 is 0. The second-order valence-corrected chi connectivity index (χ2v) is 1.80. The molecule has 44 valence electrons. The first-order valence-corrected chi connectivity index (χ1v) is 2.68. The Labute approximate surface area is 131 Å². The van der Waals surface area contributed by atoms with Crippen molar-refractivity contribution in [1.82, 2.24) is 0 Å². The molecule has 0 aromatic rings. The number of rotatable bonds is 0. The molecule has 0 amide bonds. The fraction of sp³-hybridized carbons (Fsp3) is 0. The van der Waals surface area contributed by atoms with Gasteiger partial charge in [0.05, 0.1) is 0 Å². The molecule has 0 bridgehead atoms. The molecule has 0 aliphatic heterocycles. The van der Waals surface area contributed by atoms with Gasteiger partial charge in [0.25, 0.3) is 0 Å². The van der Waals surface area contributed by atoms with Crippen LogP contribution < -0.4 is 0 Å². The average Bonchev–Trinajstić information content (AvgIpc) is 0.722. The van der Waals surface area contributed by atoms with Gasteiger partial charge in [0.2, 0.25) is 0 Å². The Morgan fingerprint density at radius 2 is 0.875 bits per heavy atom. The van der Waals surface area contributed by atoms with Gasteiger partial charge in [-0.2, -0.15) is 0 Å². The molecular formula is H10AlCaKO4Si. The molecule has 0 radical (unpaired) electrons. The minimum absolute atomic E-state index is 0. The van der Waals surface area contributed by atoms with Gasteiger partial charge >= 0.3 is 98.2 Å². The summed E-state index contributed by atoms with van der Waals surface area (Å²) in [6.45, 7) is 0. The molecule has 8 heavy (non-hydrogen) atoms. The third-order valence-electron chi connectivity index (χ3n) is 0. The normalized spacial score (nSPS) is 7.50. The second-order valence-electron chi connectivity index (χ2n) is 0.600. The van der Waals surface area contributed by atoms with Crippen molar-refractivity contribution in [3.05, 3.63) is 0 Å². The van der Waals surface area contributed by atoms with Gasteiger partial charge in [0.1, 0.15) is 0 Å². The SMILES string of the molecule is O[Si](O)(O)O.[AlH3].[CaH2].[KH]. The molecule has 4 nitrogen and oxygen atoms in total. The number of hydrogen-bond donors (Lipinski definition) is 4. The molecule has 0 atom stereocenters. The molecule has 0 spiro atoms. The molecule has 0 aliphatic rings. The minimum atomic E-state index is -4.61. The predicted molar refractivity (Wildman–Crippen MR) is 40.3 cm³/mol. The van der Waals surface area contributed by atoms with E-state index in [1.165, 1.54) is 0 Å². The second kappa shape index (κ2) is 10.5. The van der Waals surface area contributed by atoms with Crippen molar-refractivity contribution < 1.29 is 19.2 Å².